The monoisotopic (exact) mass is 1160 g/mol. The Morgan fingerprint density at radius 1 is 0.241 bits per heavy atom. The Balaban J connectivity index is 4.09. The average Bonchev–Trinajstić information content (AvgIpc) is 3.49. The Morgan fingerprint density at radius 3 is 0.711 bits per heavy atom. The molecule has 0 aromatic heterocycles. The molecular formula is C77H140O6. The second kappa shape index (κ2) is 71.6. The molecule has 0 rings (SSSR count). The van der Waals surface area contributed by atoms with Gasteiger partial charge in [-0.25, -0.2) is 0 Å². The molecule has 0 saturated heterocycles. The molecule has 0 heterocycles. The predicted molar refractivity (Wildman–Crippen MR) is 362 cm³/mol. The second-order valence-corrected chi connectivity index (χ2v) is 24.8. The van der Waals surface area contributed by atoms with Crippen LogP contribution in [0, 0.1) is 0 Å². The molecule has 0 fully saturated rings. The largest absolute Gasteiger partial charge is 0.462 e. The van der Waals surface area contributed by atoms with E-state index in [9.17, 15) is 14.4 Å². The molecule has 83 heavy (non-hydrogen) atoms. The molecule has 0 aromatic rings. The zero-order chi connectivity index (χ0) is 59.9. The number of carbonyl (C=O) groups is 3. The number of hydrogen-bond acceptors (Lipinski definition) is 6. The standard InChI is InChI=1S/C77H140O6/c1-4-7-10-13-16-19-22-25-27-29-30-31-32-33-34-35-36-37-38-39-40-41-42-43-44-45-46-48-49-52-55-58-61-64-67-70-76(79)82-73-74(72-81-75(78)69-66-63-60-57-54-51-24-21-18-15-12-9-6-3)83-77(80)71-68-65-62-59-56-53-50-47-28-26-23-20-17-14-11-8-5-2/h17,20-22,24-26,28-30,74H,4-16,18-19,23,27,31-73H2,1-3H3/b20-17-,24-21-,25-22-,28-26-,30-29-. The molecule has 0 radical (unpaired) electrons. The van der Waals surface area contributed by atoms with Crippen LogP contribution in [0.4, 0.5) is 0 Å². The highest BCUT2D eigenvalue weighted by Crippen LogP contribution is 2.18. The Hall–Kier alpha value is -2.89. The van der Waals surface area contributed by atoms with Gasteiger partial charge in [0.05, 0.1) is 0 Å². The maximum absolute atomic E-state index is 12.9. The molecule has 6 nitrogen and oxygen atoms in total. The van der Waals surface area contributed by atoms with Crippen LogP contribution in [-0.4, -0.2) is 37.2 Å². The molecule has 0 amide bonds. The van der Waals surface area contributed by atoms with Crippen molar-refractivity contribution in [2.75, 3.05) is 13.2 Å². The number of allylic oxidation sites excluding steroid dienone is 10. The lowest BCUT2D eigenvalue weighted by atomic mass is 10.0. The van der Waals surface area contributed by atoms with Crippen LogP contribution in [0.2, 0.25) is 0 Å². The molecule has 0 aliphatic rings. The predicted octanol–water partition coefficient (Wildman–Crippen LogP) is 25.5. The Kier molecular flexibility index (Phi) is 69.1. The van der Waals surface area contributed by atoms with Crippen molar-refractivity contribution in [1.29, 1.82) is 0 Å². The highest BCUT2D eigenvalue weighted by Gasteiger charge is 2.19. The van der Waals surface area contributed by atoms with Gasteiger partial charge in [-0.3, -0.25) is 14.4 Å². The van der Waals surface area contributed by atoms with Crippen LogP contribution < -0.4 is 0 Å². The molecule has 1 unspecified atom stereocenters. The van der Waals surface area contributed by atoms with Crippen LogP contribution in [-0.2, 0) is 28.6 Å². The number of unbranched alkanes of at least 4 members (excludes halogenated alkanes) is 47. The van der Waals surface area contributed by atoms with Crippen molar-refractivity contribution >= 4 is 17.9 Å². The zero-order valence-corrected chi connectivity index (χ0v) is 55.7. The first-order valence-corrected chi connectivity index (χ1v) is 36.8. The first kappa shape index (κ1) is 80.1. The average molecular weight is 1160 g/mol. The summed E-state index contributed by atoms with van der Waals surface area (Å²) < 4.78 is 17.0. The highest BCUT2D eigenvalue weighted by molar-refractivity contribution is 5.71. The lowest BCUT2D eigenvalue weighted by Gasteiger charge is -2.18. The number of rotatable bonds is 68. The van der Waals surface area contributed by atoms with E-state index in [0.29, 0.717) is 19.3 Å². The van der Waals surface area contributed by atoms with Crippen LogP contribution in [0.25, 0.3) is 0 Å². The van der Waals surface area contributed by atoms with Crippen LogP contribution in [0.5, 0.6) is 0 Å². The highest BCUT2D eigenvalue weighted by atomic mass is 16.6. The fourth-order valence-electron chi connectivity index (χ4n) is 10.9. The maximum Gasteiger partial charge on any atom is 0.306 e. The fourth-order valence-corrected chi connectivity index (χ4v) is 10.9. The topological polar surface area (TPSA) is 78.9 Å². The molecule has 0 spiro atoms. The van der Waals surface area contributed by atoms with Gasteiger partial charge in [-0.05, 0) is 109 Å². The molecule has 6 heteroatoms. The number of esters is 3. The van der Waals surface area contributed by atoms with Gasteiger partial charge < -0.3 is 14.2 Å². The molecular weight excluding hydrogens is 1020 g/mol. The summed E-state index contributed by atoms with van der Waals surface area (Å²) >= 11 is 0. The molecule has 0 bridgehead atoms. The molecule has 0 N–H and O–H groups in total. The van der Waals surface area contributed by atoms with Gasteiger partial charge in [0, 0.05) is 19.3 Å². The van der Waals surface area contributed by atoms with E-state index in [2.05, 4.69) is 81.5 Å². The van der Waals surface area contributed by atoms with Gasteiger partial charge in [-0.2, -0.15) is 0 Å². The molecule has 0 saturated carbocycles. The lowest BCUT2D eigenvalue weighted by molar-refractivity contribution is -0.167. The third-order valence-electron chi connectivity index (χ3n) is 16.5. The SMILES string of the molecule is CCCCC/C=C\C/C=C\CCCCCCCCCC(=O)OC(COC(=O)CCCCCCC/C=C\CCCCCC)COC(=O)CCCCCCCCCCCCCCCCCCCCCCCCC/C=C\C/C=C\CCCCCCC. The Labute approximate surface area is 517 Å². The van der Waals surface area contributed by atoms with E-state index in [-0.39, 0.29) is 31.1 Å². The van der Waals surface area contributed by atoms with Crippen molar-refractivity contribution in [2.24, 2.45) is 0 Å². The molecule has 1 atom stereocenters. The van der Waals surface area contributed by atoms with Crippen LogP contribution in [0.15, 0.2) is 60.8 Å². The smallest absolute Gasteiger partial charge is 0.306 e. The van der Waals surface area contributed by atoms with E-state index in [1.807, 2.05) is 0 Å². The third-order valence-corrected chi connectivity index (χ3v) is 16.5. The van der Waals surface area contributed by atoms with Gasteiger partial charge >= 0.3 is 17.9 Å². The van der Waals surface area contributed by atoms with Gasteiger partial charge in [-0.1, -0.05) is 326 Å². The van der Waals surface area contributed by atoms with Crippen LogP contribution >= 0.6 is 0 Å². The first-order chi connectivity index (χ1) is 41.0. The van der Waals surface area contributed by atoms with E-state index in [4.69, 9.17) is 14.2 Å². The van der Waals surface area contributed by atoms with Gasteiger partial charge in [-0.15, -0.1) is 0 Å². The lowest BCUT2D eigenvalue weighted by Crippen LogP contribution is -2.30. The minimum absolute atomic E-state index is 0.0758. The minimum Gasteiger partial charge on any atom is -0.462 e. The summed E-state index contributed by atoms with van der Waals surface area (Å²) in [7, 11) is 0. The fraction of sp³-hybridized carbons (Fsp3) is 0.831. The minimum atomic E-state index is -0.781. The van der Waals surface area contributed by atoms with E-state index >= 15 is 0 Å². The summed E-state index contributed by atoms with van der Waals surface area (Å²) in [6.45, 7) is 6.63. The Morgan fingerprint density at radius 2 is 0.434 bits per heavy atom. The van der Waals surface area contributed by atoms with Crippen molar-refractivity contribution in [3.8, 4) is 0 Å². The summed E-state index contributed by atoms with van der Waals surface area (Å²) in [6, 6.07) is 0. The summed E-state index contributed by atoms with van der Waals surface area (Å²) in [4.78, 5) is 38.4. The van der Waals surface area contributed by atoms with E-state index in [1.54, 1.807) is 0 Å². The van der Waals surface area contributed by atoms with Gasteiger partial charge in [0.15, 0.2) is 6.10 Å². The van der Waals surface area contributed by atoms with Crippen molar-refractivity contribution in [3.05, 3.63) is 60.8 Å². The van der Waals surface area contributed by atoms with Gasteiger partial charge in [0.25, 0.3) is 0 Å². The molecule has 484 valence electrons. The Bertz CT molecular complexity index is 1470. The summed E-state index contributed by atoms with van der Waals surface area (Å²) in [6.07, 6.45) is 92.7. The normalized spacial score (nSPS) is 12.4. The second-order valence-electron chi connectivity index (χ2n) is 24.8. The van der Waals surface area contributed by atoms with Crippen LogP contribution in [0.1, 0.15) is 393 Å². The van der Waals surface area contributed by atoms with E-state index in [0.717, 1.165) is 83.5 Å². The quantitative estimate of drug-likeness (QED) is 0.0261. The number of hydrogen-bond donors (Lipinski definition) is 0. The summed E-state index contributed by atoms with van der Waals surface area (Å²) in [5.41, 5.74) is 0. The van der Waals surface area contributed by atoms with Crippen molar-refractivity contribution in [2.45, 2.75) is 399 Å². The van der Waals surface area contributed by atoms with Gasteiger partial charge in [0.2, 0.25) is 0 Å². The third kappa shape index (κ3) is 69.8. The van der Waals surface area contributed by atoms with E-state index < -0.39 is 6.10 Å². The zero-order valence-electron chi connectivity index (χ0n) is 55.7. The van der Waals surface area contributed by atoms with Crippen molar-refractivity contribution in [1.82, 2.24) is 0 Å². The number of ether oxygens (including phenoxy) is 3. The molecule has 0 aromatic carbocycles. The molecule has 0 aliphatic heterocycles. The summed E-state index contributed by atoms with van der Waals surface area (Å²) in [5.74, 6) is -0.870. The van der Waals surface area contributed by atoms with Crippen molar-refractivity contribution in [3.63, 3.8) is 0 Å². The number of carbonyl (C=O) groups excluding carboxylic acids is 3. The first-order valence-electron chi connectivity index (χ1n) is 36.8. The summed E-state index contributed by atoms with van der Waals surface area (Å²) in [5, 5.41) is 0. The maximum atomic E-state index is 12.9. The van der Waals surface area contributed by atoms with Gasteiger partial charge in [0.1, 0.15) is 13.2 Å². The molecule has 0 aliphatic carbocycles. The van der Waals surface area contributed by atoms with Crippen LogP contribution in [0.3, 0.4) is 0 Å². The van der Waals surface area contributed by atoms with Crippen molar-refractivity contribution < 1.29 is 28.6 Å². The van der Waals surface area contributed by atoms with E-state index in [1.165, 1.54) is 270 Å².